The van der Waals surface area contributed by atoms with Crippen LogP contribution in [0, 0.1) is 0 Å². The minimum absolute atomic E-state index is 0. The number of ether oxygens (including phenoxy) is 2. The molecular formula is C13H22ClNO3. The summed E-state index contributed by atoms with van der Waals surface area (Å²) in [5, 5.41) is 9.32. The van der Waals surface area contributed by atoms with Gasteiger partial charge in [0.2, 0.25) is 0 Å². The molecule has 5 heteroatoms. The Labute approximate surface area is 115 Å². The molecule has 0 aliphatic rings. The van der Waals surface area contributed by atoms with Crippen LogP contribution in [0.1, 0.15) is 31.9 Å². The molecular weight excluding hydrogens is 254 g/mol. The van der Waals surface area contributed by atoms with E-state index in [1.165, 1.54) is 0 Å². The van der Waals surface area contributed by atoms with Crippen molar-refractivity contribution in [2.45, 2.75) is 32.4 Å². The summed E-state index contributed by atoms with van der Waals surface area (Å²) in [4.78, 5) is 0. The summed E-state index contributed by atoms with van der Waals surface area (Å²) >= 11 is 0. The molecule has 1 aromatic carbocycles. The number of hydrogen-bond acceptors (Lipinski definition) is 4. The van der Waals surface area contributed by atoms with Gasteiger partial charge in [-0.1, -0.05) is 6.07 Å². The quantitative estimate of drug-likeness (QED) is 0.836. The highest BCUT2D eigenvalue weighted by atomic mass is 35.5. The topological polar surface area (TPSA) is 64.7 Å². The Morgan fingerprint density at radius 1 is 1.33 bits per heavy atom. The highest BCUT2D eigenvalue weighted by Crippen LogP contribution is 2.30. The second-order valence-corrected chi connectivity index (χ2v) is 4.03. The molecule has 3 N–H and O–H groups in total. The number of hydrogen-bond donors (Lipinski definition) is 2. The van der Waals surface area contributed by atoms with Crippen molar-refractivity contribution in [1.82, 2.24) is 0 Å². The lowest BCUT2D eigenvalue weighted by Crippen LogP contribution is -2.16. The third-order valence-electron chi connectivity index (χ3n) is 2.51. The minimum Gasteiger partial charge on any atom is -0.493 e. The molecule has 0 bridgehead atoms. The number of rotatable bonds is 6. The predicted molar refractivity (Wildman–Crippen MR) is 74.6 cm³/mol. The molecule has 2 atom stereocenters. The molecule has 0 saturated carbocycles. The summed E-state index contributed by atoms with van der Waals surface area (Å²) in [5.41, 5.74) is 6.94. The number of methoxy groups -OCH3 is 1. The summed E-state index contributed by atoms with van der Waals surface area (Å²) in [6, 6.07) is 5.41. The van der Waals surface area contributed by atoms with Crippen LogP contribution >= 0.6 is 12.4 Å². The van der Waals surface area contributed by atoms with E-state index in [0.29, 0.717) is 24.5 Å². The number of aliphatic hydroxyl groups is 1. The van der Waals surface area contributed by atoms with Crippen molar-refractivity contribution in [1.29, 1.82) is 0 Å². The lowest BCUT2D eigenvalue weighted by molar-refractivity contribution is 0.175. The van der Waals surface area contributed by atoms with Gasteiger partial charge >= 0.3 is 0 Å². The van der Waals surface area contributed by atoms with Crippen LogP contribution in [0.5, 0.6) is 11.5 Å². The van der Waals surface area contributed by atoms with E-state index in [0.717, 1.165) is 5.56 Å². The normalized spacial score (nSPS) is 13.4. The number of aliphatic hydroxyl groups excluding tert-OH is 1. The molecule has 0 aliphatic heterocycles. The molecule has 1 aromatic rings. The maximum atomic E-state index is 9.32. The van der Waals surface area contributed by atoms with Crippen LogP contribution in [-0.2, 0) is 0 Å². The van der Waals surface area contributed by atoms with Gasteiger partial charge in [0.15, 0.2) is 11.5 Å². The predicted octanol–water partition coefficient (Wildman–Crippen LogP) is 2.29. The van der Waals surface area contributed by atoms with Crippen LogP contribution in [0.3, 0.4) is 0 Å². The van der Waals surface area contributed by atoms with E-state index < -0.39 is 6.10 Å². The Bertz CT molecular complexity index is 358. The summed E-state index contributed by atoms with van der Waals surface area (Å²) in [6.45, 7) is 4.22. The van der Waals surface area contributed by atoms with Crippen LogP contribution in [0.4, 0.5) is 0 Å². The van der Waals surface area contributed by atoms with Crippen LogP contribution in [0.15, 0.2) is 18.2 Å². The van der Waals surface area contributed by atoms with Crippen molar-refractivity contribution in [2.24, 2.45) is 5.73 Å². The lowest BCUT2D eigenvalue weighted by Gasteiger charge is -2.16. The highest BCUT2D eigenvalue weighted by Gasteiger charge is 2.12. The number of halogens is 1. The molecule has 0 aliphatic carbocycles. The van der Waals surface area contributed by atoms with Gasteiger partial charge in [0, 0.05) is 6.04 Å². The maximum Gasteiger partial charge on any atom is 0.161 e. The Hall–Kier alpha value is -0.970. The summed E-state index contributed by atoms with van der Waals surface area (Å²) < 4.78 is 10.7. The molecule has 0 radical (unpaired) electrons. The standard InChI is InChI=1S/C13H21NO3.ClH/c1-4-17-13-8-10(5-6-12(13)16-3)11(14)7-9(2)15;/h5-6,8-9,11,15H,4,7,14H2,1-3H3;1H/t9-,11-;/m1./s1. The van der Waals surface area contributed by atoms with Crippen molar-refractivity contribution in [2.75, 3.05) is 13.7 Å². The van der Waals surface area contributed by atoms with Crippen molar-refractivity contribution in [3.05, 3.63) is 23.8 Å². The first-order valence-electron chi connectivity index (χ1n) is 5.82. The third-order valence-corrected chi connectivity index (χ3v) is 2.51. The van der Waals surface area contributed by atoms with Gasteiger partial charge < -0.3 is 20.3 Å². The van der Waals surface area contributed by atoms with Gasteiger partial charge in [-0.15, -0.1) is 12.4 Å². The summed E-state index contributed by atoms with van der Waals surface area (Å²) in [7, 11) is 1.60. The largest absolute Gasteiger partial charge is 0.493 e. The van der Waals surface area contributed by atoms with E-state index in [2.05, 4.69) is 0 Å². The Morgan fingerprint density at radius 3 is 2.50 bits per heavy atom. The molecule has 0 unspecified atom stereocenters. The fourth-order valence-corrected chi connectivity index (χ4v) is 1.70. The van der Waals surface area contributed by atoms with Gasteiger partial charge in [0.25, 0.3) is 0 Å². The average molecular weight is 276 g/mol. The molecule has 0 spiro atoms. The summed E-state index contributed by atoms with van der Waals surface area (Å²) in [5.74, 6) is 1.38. The Kier molecular flexibility index (Phi) is 7.75. The average Bonchev–Trinajstić information content (AvgIpc) is 2.28. The first kappa shape index (κ1) is 17.0. The fraction of sp³-hybridized carbons (Fsp3) is 0.538. The lowest BCUT2D eigenvalue weighted by atomic mass is 10.0. The molecule has 0 heterocycles. The summed E-state index contributed by atoms with van der Waals surface area (Å²) in [6.07, 6.45) is 0.111. The van der Waals surface area contributed by atoms with E-state index in [9.17, 15) is 5.11 Å². The Balaban J connectivity index is 0.00000289. The fourth-order valence-electron chi connectivity index (χ4n) is 1.70. The molecule has 0 aromatic heterocycles. The maximum absolute atomic E-state index is 9.32. The minimum atomic E-state index is -0.414. The van der Waals surface area contributed by atoms with Crippen molar-refractivity contribution < 1.29 is 14.6 Å². The van der Waals surface area contributed by atoms with Crippen LogP contribution < -0.4 is 15.2 Å². The molecule has 0 fully saturated rings. The van der Waals surface area contributed by atoms with Crippen LogP contribution in [0.25, 0.3) is 0 Å². The van der Waals surface area contributed by atoms with Crippen LogP contribution in [-0.4, -0.2) is 24.9 Å². The zero-order valence-corrected chi connectivity index (χ0v) is 11.9. The van der Waals surface area contributed by atoms with Gasteiger partial charge in [0.1, 0.15) is 0 Å². The molecule has 0 saturated heterocycles. The molecule has 1 rings (SSSR count). The van der Waals surface area contributed by atoms with Crippen molar-refractivity contribution >= 4 is 12.4 Å². The highest BCUT2D eigenvalue weighted by molar-refractivity contribution is 5.85. The first-order chi connectivity index (χ1) is 8.08. The monoisotopic (exact) mass is 275 g/mol. The van der Waals surface area contributed by atoms with Gasteiger partial charge in [0.05, 0.1) is 19.8 Å². The SMILES string of the molecule is CCOc1cc([C@H](N)C[C@@H](C)O)ccc1OC.Cl. The third kappa shape index (κ3) is 4.72. The van der Waals surface area contributed by atoms with E-state index in [4.69, 9.17) is 15.2 Å². The second kappa shape index (κ2) is 8.19. The van der Waals surface area contributed by atoms with Crippen LogP contribution in [0.2, 0.25) is 0 Å². The number of benzene rings is 1. The van der Waals surface area contributed by atoms with E-state index in [1.807, 2.05) is 25.1 Å². The zero-order valence-electron chi connectivity index (χ0n) is 11.1. The zero-order chi connectivity index (χ0) is 12.8. The van der Waals surface area contributed by atoms with Gasteiger partial charge in [-0.2, -0.15) is 0 Å². The first-order valence-corrected chi connectivity index (χ1v) is 5.82. The molecule has 4 nitrogen and oxygen atoms in total. The second-order valence-electron chi connectivity index (χ2n) is 4.03. The van der Waals surface area contributed by atoms with Gasteiger partial charge in [-0.25, -0.2) is 0 Å². The van der Waals surface area contributed by atoms with Crippen molar-refractivity contribution in [3.63, 3.8) is 0 Å². The van der Waals surface area contributed by atoms with E-state index in [1.54, 1.807) is 14.0 Å². The van der Waals surface area contributed by atoms with Gasteiger partial charge in [-0.05, 0) is 38.0 Å². The smallest absolute Gasteiger partial charge is 0.161 e. The van der Waals surface area contributed by atoms with Crippen molar-refractivity contribution in [3.8, 4) is 11.5 Å². The molecule has 0 amide bonds. The number of nitrogens with two attached hydrogens (primary N) is 1. The van der Waals surface area contributed by atoms with E-state index >= 15 is 0 Å². The van der Waals surface area contributed by atoms with Gasteiger partial charge in [-0.3, -0.25) is 0 Å². The van der Waals surface area contributed by atoms with E-state index in [-0.39, 0.29) is 18.4 Å². The Morgan fingerprint density at radius 2 is 2.00 bits per heavy atom. The molecule has 104 valence electrons. The molecule has 18 heavy (non-hydrogen) atoms.